The van der Waals surface area contributed by atoms with Gasteiger partial charge in [0.1, 0.15) is 0 Å². The zero-order chi connectivity index (χ0) is 13.2. The minimum atomic E-state index is -0.169. The molecule has 3 heteroatoms. The number of benzene rings is 2. The molecule has 3 rings (SSSR count). The van der Waals surface area contributed by atoms with Gasteiger partial charge in [-0.05, 0) is 36.8 Å². The van der Waals surface area contributed by atoms with Crippen LogP contribution >= 0.6 is 0 Å². The molecule has 0 bridgehead atoms. The molecule has 0 aliphatic rings. The lowest BCUT2D eigenvalue weighted by atomic mass is 10.2. The van der Waals surface area contributed by atoms with E-state index >= 15 is 0 Å². The monoisotopic (exact) mass is 249 g/mol. The summed E-state index contributed by atoms with van der Waals surface area (Å²) in [5.41, 5.74) is 2.58. The van der Waals surface area contributed by atoms with Crippen LogP contribution in [0, 0.1) is 6.92 Å². The lowest BCUT2D eigenvalue weighted by molar-refractivity contribution is 0.254. The molecular weight excluding hydrogens is 236 g/mol. The van der Waals surface area contributed by atoms with Gasteiger partial charge in [-0.25, -0.2) is 4.79 Å². The number of hydrogen-bond donors (Lipinski definition) is 1. The van der Waals surface area contributed by atoms with Crippen LogP contribution in [0.3, 0.4) is 0 Å². The third-order valence-corrected chi connectivity index (χ3v) is 3.02. The van der Waals surface area contributed by atoms with E-state index < -0.39 is 0 Å². The van der Waals surface area contributed by atoms with Gasteiger partial charge in [-0.15, -0.1) is 0 Å². The van der Waals surface area contributed by atoms with E-state index in [-0.39, 0.29) is 6.03 Å². The van der Waals surface area contributed by atoms with Gasteiger partial charge in [-0.1, -0.05) is 30.3 Å². The van der Waals surface area contributed by atoms with Crippen LogP contribution in [0.2, 0.25) is 0 Å². The summed E-state index contributed by atoms with van der Waals surface area (Å²) in [5, 5.41) is 3.91. The highest BCUT2D eigenvalue weighted by atomic mass is 16.2. The molecule has 0 unspecified atom stereocenters. The van der Waals surface area contributed by atoms with Gasteiger partial charge in [-0.3, -0.25) is 4.57 Å². The molecule has 93 valence electrons. The second-order valence-electron chi connectivity index (χ2n) is 4.37. The minimum absolute atomic E-state index is 0.169. The van der Waals surface area contributed by atoms with Crippen molar-refractivity contribution in [1.29, 1.82) is 0 Å². The fraction of sp³-hybridized carbons (Fsp3) is 0. The Kier molecular flexibility index (Phi) is 2.80. The topological polar surface area (TPSA) is 34.0 Å². The van der Waals surface area contributed by atoms with Crippen molar-refractivity contribution in [2.45, 2.75) is 0 Å². The Morgan fingerprint density at radius 1 is 1.00 bits per heavy atom. The van der Waals surface area contributed by atoms with Gasteiger partial charge in [0.2, 0.25) is 0 Å². The summed E-state index contributed by atoms with van der Waals surface area (Å²) in [6, 6.07) is 16.9. The molecule has 1 amide bonds. The molecule has 3 nitrogen and oxygen atoms in total. The molecule has 2 aromatic carbocycles. The lowest BCUT2D eigenvalue weighted by Crippen LogP contribution is -2.18. The summed E-state index contributed by atoms with van der Waals surface area (Å²) in [7, 11) is 0. The van der Waals surface area contributed by atoms with E-state index in [0.717, 1.165) is 22.2 Å². The minimum Gasteiger partial charge on any atom is -0.307 e. The van der Waals surface area contributed by atoms with Crippen molar-refractivity contribution in [2.24, 2.45) is 0 Å². The maximum absolute atomic E-state index is 12.2. The first kappa shape index (κ1) is 11.5. The number of nitrogens with one attached hydrogen (secondary N) is 1. The summed E-state index contributed by atoms with van der Waals surface area (Å²) < 4.78 is 1.60. The summed E-state index contributed by atoms with van der Waals surface area (Å²) in [6.45, 7) is 3.81. The van der Waals surface area contributed by atoms with E-state index in [1.165, 1.54) is 0 Å². The second kappa shape index (κ2) is 4.61. The number of carbonyl (C=O) groups is 1. The highest BCUT2D eigenvalue weighted by Crippen LogP contribution is 2.16. The quantitative estimate of drug-likeness (QED) is 0.697. The second-order valence-corrected chi connectivity index (χ2v) is 4.37. The van der Waals surface area contributed by atoms with Crippen LogP contribution in [-0.2, 0) is 0 Å². The fourth-order valence-electron chi connectivity index (χ4n) is 2.03. The van der Waals surface area contributed by atoms with E-state index in [0.29, 0.717) is 0 Å². The highest BCUT2D eigenvalue weighted by molar-refractivity contribution is 5.98. The molecule has 0 atom stereocenters. The predicted octanol–water partition coefficient (Wildman–Crippen LogP) is 3.90. The molecule has 1 N–H and O–H groups in total. The number of amides is 1. The van der Waals surface area contributed by atoms with Crippen LogP contribution in [0.5, 0.6) is 0 Å². The van der Waals surface area contributed by atoms with E-state index in [2.05, 4.69) is 12.2 Å². The molecule has 1 aromatic heterocycles. The van der Waals surface area contributed by atoms with Crippen molar-refractivity contribution < 1.29 is 4.79 Å². The van der Waals surface area contributed by atoms with Gasteiger partial charge in [0.15, 0.2) is 0 Å². The number of fused-ring (bicyclic) bond motifs is 1. The van der Waals surface area contributed by atoms with Gasteiger partial charge < -0.3 is 5.32 Å². The molecule has 0 saturated heterocycles. The number of para-hydroxylation sites is 1. The molecular formula is C16H13N2O. The molecule has 1 heterocycles. The number of hydrogen-bond acceptors (Lipinski definition) is 1. The largest absolute Gasteiger partial charge is 0.330 e. The summed E-state index contributed by atoms with van der Waals surface area (Å²) in [4.78, 5) is 12.2. The number of carbonyl (C=O) groups excluding carboxylic acids is 1. The molecule has 1 radical (unpaired) electrons. The van der Waals surface area contributed by atoms with E-state index in [4.69, 9.17) is 0 Å². The first-order valence-electron chi connectivity index (χ1n) is 6.03. The van der Waals surface area contributed by atoms with E-state index in [1.54, 1.807) is 10.8 Å². The molecule has 0 aliphatic heterocycles. The first-order chi connectivity index (χ1) is 9.24. The smallest absolute Gasteiger partial charge is 0.307 e. The Morgan fingerprint density at radius 2 is 1.74 bits per heavy atom. The highest BCUT2D eigenvalue weighted by Gasteiger charge is 2.08. The van der Waals surface area contributed by atoms with Crippen molar-refractivity contribution in [3.63, 3.8) is 0 Å². The first-order valence-corrected chi connectivity index (χ1v) is 6.03. The third kappa shape index (κ3) is 2.22. The van der Waals surface area contributed by atoms with Crippen LogP contribution < -0.4 is 5.32 Å². The van der Waals surface area contributed by atoms with Crippen LogP contribution in [-0.4, -0.2) is 10.6 Å². The Labute approximate surface area is 111 Å². The lowest BCUT2D eigenvalue weighted by Gasteiger charge is -2.07. The zero-order valence-electron chi connectivity index (χ0n) is 10.3. The standard InChI is InChI=1S/C16H13N2O/c1-12-6-8-14(9-7-12)17-16(19)18-11-10-13-4-2-3-5-15(13)18/h2-11H,1H2,(H,17,19). The third-order valence-electron chi connectivity index (χ3n) is 3.02. The SMILES string of the molecule is [CH2]c1ccc(NC(=O)n2ccc3ccccc32)cc1. The van der Waals surface area contributed by atoms with Crippen molar-refractivity contribution >= 4 is 22.6 Å². The molecule has 0 fully saturated rings. The molecule has 0 aliphatic carbocycles. The Hall–Kier alpha value is -2.55. The zero-order valence-corrected chi connectivity index (χ0v) is 10.3. The number of rotatable bonds is 1. The van der Waals surface area contributed by atoms with Crippen molar-refractivity contribution in [3.05, 3.63) is 73.3 Å². The van der Waals surface area contributed by atoms with Gasteiger partial charge in [0, 0.05) is 17.3 Å². The average molecular weight is 249 g/mol. The summed E-state index contributed by atoms with van der Waals surface area (Å²) in [6.07, 6.45) is 1.77. The predicted molar refractivity (Wildman–Crippen MR) is 77.3 cm³/mol. The van der Waals surface area contributed by atoms with E-state index in [1.807, 2.05) is 54.6 Å². The number of nitrogens with zero attached hydrogens (tertiary/aromatic N) is 1. The Balaban J connectivity index is 1.90. The van der Waals surface area contributed by atoms with Gasteiger partial charge >= 0.3 is 6.03 Å². The van der Waals surface area contributed by atoms with Crippen LogP contribution in [0.15, 0.2) is 60.8 Å². The van der Waals surface area contributed by atoms with Crippen LogP contribution in [0.25, 0.3) is 10.9 Å². The molecule has 19 heavy (non-hydrogen) atoms. The maximum Gasteiger partial charge on any atom is 0.330 e. The molecule has 0 saturated carbocycles. The van der Waals surface area contributed by atoms with Crippen molar-refractivity contribution in [1.82, 2.24) is 4.57 Å². The summed E-state index contributed by atoms with van der Waals surface area (Å²) >= 11 is 0. The van der Waals surface area contributed by atoms with Crippen LogP contribution in [0.1, 0.15) is 5.56 Å². The fourth-order valence-corrected chi connectivity index (χ4v) is 2.03. The van der Waals surface area contributed by atoms with Gasteiger partial charge in [0.25, 0.3) is 0 Å². The van der Waals surface area contributed by atoms with Crippen molar-refractivity contribution in [3.8, 4) is 0 Å². The van der Waals surface area contributed by atoms with Crippen LogP contribution in [0.4, 0.5) is 10.5 Å². The van der Waals surface area contributed by atoms with Crippen molar-refractivity contribution in [2.75, 3.05) is 5.32 Å². The normalized spacial score (nSPS) is 10.6. The number of aromatic nitrogens is 1. The van der Waals surface area contributed by atoms with Gasteiger partial charge in [-0.2, -0.15) is 0 Å². The summed E-state index contributed by atoms with van der Waals surface area (Å²) in [5.74, 6) is 0. The Bertz CT molecular complexity index is 726. The molecule has 3 aromatic rings. The number of anilines is 1. The van der Waals surface area contributed by atoms with E-state index in [9.17, 15) is 4.79 Å². The van der Waals surface area contributed by atoms with Gasteiger partial charge in [0.05, 0.1) is 5.52 Å². The Morgan fingerprint density at radius 3 is 2.53 bits per heavy atom. The molecule has 0 spiro atoms. The maximum atomic E-state index is 12.2. The average Bonchev–Trinajstić information content (AvgIpc) is 2.85.